The van der Waals surface area contributed by atoms with Crippen LogP contribution in [0.25, 0.3) is 10.8 Å². The Morgan fingerprint density at radius 1 is 1.37 bits per heavy atom. The summed E-state index contributed by atoms with van der Waals surface area (Å²) in [6, 6.07) is 3.73. The van der Waals surface area contributed by atoms with E-state index in [1.54, 1.807) is 6.26 Å². The minimum atomic E-state index is 0.191. The summed E-state index contributed by atoms with van der Waals surface area (Å²) in [6.07, 6.45) is 5.52. The van der Waals surface area contributed by atoms with Gasteiger partial charge in [-0.2, -0.15) is 0 Å². The molecule has 0 spiro atoms. The monoisotopic (exact) mass is 276 g/mol. The van der Waals surface area contributed by atoms with Crippen LogP contribution in [0.4, 0.5) is 0 Å². The van der Waals surface area contributed by atoms with Crippen molar-refractivity contribution in [3.8, 4) is 10.8 Å². The fraction of sp³-hybridized carbons (Fsp3) is 0.429. The van der Waals surface area contributed by atoms with Crippen LogP contribution >= 0.6 is 11.3 Å². The third-order valence-electron chi connectivity index (χ3n) is 3.32. The van der Waals surface area contributed by atoms with Crippen molar-refractivity contribution in [1.82, 2.24) is 9.88 Å². The molecule has 2 aromatic heterocycles. The average molecular weight is 276 g/mol. The SMILES string of the molecule is O=C(Cc1csc(-c2ccco2)n1)N1CCCCC1. The Hall–Kier alpha value is -1.62. The summed E-state index contributed by atoms with van der Waals surface area (Å²) in [5, 5.41) is 2.78. The zero-order valence-electron chi connectivity index (χ0n) is 10.7. The molecule has 0 unspecified atom stereocenters. The van der Waals surface area contributed by atoms with Crippen molar-refractivity contribution in [2.24, 2.45) is 0 Å². The smallest absolute Gasteiger partial charge is 0.228 e. The number of carbonyl (C=O) groups is 1. The van der Waals surface area contributed by atoms with Crippen molar-refractivity contribution in [3.05, 3.63) is 29.5 Å². The van der Waals surface area contributed by atoms with Crippen LogP contribution in [0.1, 0.15) is 25.0 Å². The summed E-state index contributed by atoms with van der Waals surface area (Å²) in [5.41, 5.74) is 0.840. The molecule has 1 amide bonds. The standard InChI is InChI=1S/C14H16N2O2S/c17-13(16-6-2-1-3-7-16)9-11-10-19-14(15-11)12-5-4-8-18-12/h4-5,8,10H,1-3,6-7,9H2. The molecule has 0 aliphatic carbocycles. The summed E-state index contributed by atoms with van der Waals surface area (Å²) >= 11 is 1.52. The van der Waals surface area contributed by atoms with E-state index in [9.17, 15) is 4.79 Å². The maximum absolute atomic E-state index is 12.1. The van der Waals surface area contributed by atoms with Gasteiger partial charge in [0.15, 0.2) is 10.8 Å². The van der Waals surface area contributed by atoms with Gasteiger partial charge in [0.05, 0.1) is 18.4 Å². The van der Waals surface area contributed by atoms with Gasteiger partial charge in [-0.3, -0.25) is 4.79 Å². The largest absolute Gasteiger partial charge is 0.462 e. The molecule has 1 saturated heterocycles. The highest BCUT2D eigenvalue weighted by Crippen LogP contribution is 2.24. The van der Waals surface area contributed by atoms with E-state index >= 15 is 0 Å². The lowest BCUT2D eigenvalue weighted by Gasteiger charge is -2.26. The minimum absolute atomic E-state index is 0.191. The van der Waals surface area contributed by atoms with Crippen LogP contribution in [-0.2, 0) is 11.2 Å². The number of likely N-dealkylation sites (tertiary alicyclic amines) is 1. The highest BCUT2D eigenvalue weighted by atomic mass is 32.1. The lowest BCUT2D eigenvalue weighted by Crippen LogP contribution is -2.36. The highest BCUT2D eigenvalue weighted by Gasteiger charge is 2.18. The molecule has 19 heavy (non-hydrogen) atoms. The third-order valence-corrected chi connectivity index (χ3v) is 4.23. The number of aromatic nitrogens is 1. The van der Waals surface area contributed by atoms with Crippen LogP contribution in [0.2, 0.25) is 0 Å². The van der Waals surface area contributed by atoms with Crippen LogP contribution in [-0.4, -0.2) is 28.9 Å². The number of furan rings is 1. The lowest BCUT2D eigenvalue weighted by molar-refractivity contribution is -0.131. The first-order valence-electron chi connectivity index (χ1n) is 6.59. The van der Waals surface area contributed by atoms with Gasteiger partial charge in [0.1, 0.15) is 0 Å². The summed E-state index contributed by atoms with van der Waals surface area (Å²) < 4.78 is 5.31. The van der Waals surface area contributed by atoms with E-state index in [0.29, 0.717) is 6.42 Å². The van der Waals surface area contributed by atoms with Crippen molar-refractivity contribution >= 4 is 17.2 Å². The van der Waals surface area contributed by atoms with Gasteiger partial charge in [-0.05, 0) is 31.4 Å². The molecule has 3 rings (SSSR count). The number of thiazole rings is 1. The molecular formula is C14H16N2O2S. The van der Waals surface area contributed by atoms with Crippen molar-refractivity contribution in [1.29, 1.82) is 0 Å². The van der Waals surface area contributed by atoms with E-state index in [2.05, 4.69) is 4.98 Å². The molecule has 4 nitrogen and oxygen atoms in total. The predicted octanol–water partition coefficient (Wildman–Crippen LogP) is 2.96. The van der Waals surface area contributed by atoms with Gasteiger partial charge in [-0.1, -0.05) is 0 Å². The van der Waals surface area contributed by atoms with Crippen LogP contribution < -0.4 is 0 Å². The van der Waals surface area contributed by atoms with Crippen LogP contribution in [0, 0.1) is 0 Å². The predicted molar refractivity (Wildman–Crippen MR) is 74.0 cm³/mol. The van der Waals surface area contributed by atoms with E-state index < -0.39 is 0 Å². The van der Waals surface area contributed by atoms with Gasteiger partial charge in [0, 0.05) is 18.5 Å². The van der Waals surface area contributed by atoms with Crippen LogP contribution in [0.15, 0.2) is 28.2 Å². The van der Waals surface area contributed by atoms with Gasteiger partial charge >= 0.3 is 0 Å². The molecule has 0 radical (unpaired) electrons. The molecule has 1 aliphatic rings. The summed E-state index contributed by atoms with van der Waals surface area (Å²) in [6.45, 7) is 1.79. The number of carbonyl (C=O) groups excluding carboxylic acids is 1. The number of piperidine rings is 1. The Morgan fingerprint density at radius 2 is 2.21 bits per heavy atom. The molecule has 0 saturated carbocycles. The second-order valence-electron chi connectivity index (χ2n) is 4.74. The maximum atomic E-state index is 12.1. The number of hydrogen-bond donors (Lipinski definition) is 0. The Bertz CT molecular complexity index is 542. The third kappa shape index (κ3) is 2.87. The molecule has 1 fully saturated rings. The average Bonchev–Trinajstić information content (AvgIpc) is 3.10. The lowest BCUT2D eigenvalue weighted by atomic mass is 10.1. The fourth-order valence-corrected chi connectivity index (χ4v) is 3.10. The zero-order valence-corrected chi connectivity index (χ0v) is 11.5. The van der Waals surface area contributed by atoms with Crippen molar-refractivity contribution in [2.45, 2.75) is 25.7 Å². The van der Waals surface area contributed by atoms with Gasteiger partial charge in [-0.25, -0.2) is 4.98 Å². The number of amides is 1. The molecule has 0 aromatic carbocycles. The molecule has 0 atom stereocenters. The van der Waals surface area contributed by atoms with E-state index in [1.807, 2.05) is 22.4 Å². The Labute approximate surface area is 116 Å². The maximum Gasteiger partial charge on any atom is 0.228 e. The normalized spacial score (nSPS) is 15.7. The first-order valence-corrected chi connectivity index (χ1v) is 7.47. The van der Waals surface area contributed by atoms with E-state index in [0.717, 1.165) is 42.4 Å². The molecule has 2 aromatic rings. The van der Waals surface area contributed by atoms with Gasteiger partial charge < -0.3 is 9.32 Å². The fourth-order valence-electron chi connectivity index (χ4n) is 2.31. The minimum Gasteiger partial charge on any atom is -0.462 e. The van der Waals surface area contributed by atoms with Crippen LogP contribution in [0.5, 0.6) is 0 Å². The van der Waals surface area contributed by atoms with Gasteiger partial charge in [0.25, 0.3) is 0 Å². The second-order valence-corrected chi connectivity index (χ2v) is 5.60. The van der Waals surface area contributed by atoms with Crippen molar-refractivity contribution in [2.75, 3.05) is 13.1 Å². The van der Waals surface area contributed by atoms with E-state index in [4.69, 9.17) is 4.42 Å². The molecule has 5 heteroatoms. The number of nitrogens with zero attached hydrogens (tertiary/aromatic N) is 2. The molecular weight excluding hydrogens is 260 g/mol. The quantitative estimate of drug-likeness (QED) is 0.866. The second kappa shape index (κ2) is 5.57. The van der Waals surface area contributed by atoms with Gasteiger partial charge in [-0.15, -0.1) is 11.3 Å². The summed E-state index contributed by atoms with van der Waals surface area (Å²) in [7, 11) is 0. The Balaban J connectivity index is 1.65. The summed E-state index contributed by atoms with van der Waals surface area (Å²) in [4.78, 5) is 18.5. The number of hydrogen-bond acceptors (Lipinski definition) is 4. The van der Waals surface area contributed by atoms with Gasteiger partial charge in [0.2, 0.25) is 5.91 Å². The van der Waals surface area contributed by atoms with Crippen molar-refractivity contribution < 1.29 is 9.21 Å². The van der Waals surface area contributed by atoms with E-state index in [-0.39, 0.29) is 5.91 Å². The summed E-state index contributed by atoms with van der Waals surface area (Å²) in [5.74, 6) is 0.956. The molecule has 1 aliphatic heterocycles. The van der Waals surface area contributed by atoms with E-state index in [1.165, 1.54) is 17.8 Å². The highest BCUT2D eigenvalue weighted by molar-refractivity contribution is 7.13. The topological polar surface area (TPSA) is 46.3 Å². The first-order chi connectivity index (χ1) is 9.33. The Kier molecular flexibility index (Phi) is 3.64. The Morgan fingerprint density at radius 3 is 2.95 bits per heavy atom. The molecule has 100 valence electrons. The van der Waals surface area contributed by atoms with Crippen LogP contribution in [0.3, 0.4) is 0 Å². The molecule has 0 N–H and O–H groups in total. The molecule has 3 heterocycles. The molecule has 0 bridgehead atoms. The first kappa shape index (κ1) is 12.4. The van der Waals surface area contributed by atoms with Crippen molar-refractivity contribution in [3.63, 3.8) is 0 Å². The zero-order chi connectivity index (χ0) is 13.1. The number of rotatable bonds is 3.